The van der Waals surface area contributed by atoms with Gasteiger partial charge in [0.15, 0.2) is 0 Å². The number of carboxylic acids is 1. The van der Waals surface area contributed by atoms with Gasteiger partial charge in [-0.15, -0.1) is 0 Å². The number of halogens is 1. The molecule has 2 heterocycles. The van der Waals surface area contributed by atoms with Crippen molar-refractivity contribution in [2.24, 2.45) is 0 Å². The number of rotatable bonds is 7. The van der Waals surface area contributed by atoms with Gasteiger partial charge >= 0.3 is 5.97 Å². The van der Waals surface area contributed by atoms with E-state index >= 15 is 0 Å². The van der Waals surface area contributed by atoms with Gasteiger partial charge in [0.05, 0.1) is 18.1 Å². The van der Waals surface area contributed by atoms with E-state index in [4.69, 9.17) is 5.11 Å². The van der Waals surface area contributed by atoms with Crippen molar-refractivity contribution in [2.45, 2.75) is 18.9 Å². The van der Waals surface area contributed by atoms with Crippen LogP contribution in [0.3, 0.4) is 0 Å². The number of aliphatic carboxylic acids is 1. The summed E-state index contributed by atoms with van der Waals surface area (Å²) in [6, 6.07) is 7.03. The van der Waals surface area contributed by atoms with Crippen molar-refractivity contribution in [2.75, 3.05) is 25.0 Å². The molecule has 0 radical (unpaired) electrons. The summed E-state index contributed by atoms with van der Waals surface area (Å²) in [5.74, 6) is -0.531. The molecule has 0 unspecified atom stereocenters. The topological polar surface area (TPSA) is 78.3 Å². The van der Waals surface area contributed by atoms with Gasteiger partial charge in [-0.1, -0.05) is 12.1 Å². The zero-order valence-electron chi connectivity index (χ0n) is 14.3. The van der Waals surface area contributed by atoms with E-state index in [1.165, 1.54) is 12.1 Å². The molecule has 1 fully saturated rings. The summed E-state index contributed by atoms with van der Waals surface area (Å²) >= 11 is 0. The van der Waals surface area contributed by atoms with Crippen molar-refractivity contribution >= 4 is 17.9 Å². The molecule has 1 aromatic carbocycles. The predicted octanol–water partition coefficient (Wildman–Crippen LogP) is 2.44. The summed E-state index contributed by atoms with van der Waals surface area (Å²) < 4.78 is 13.2. The van der Waals surface area contributed by atoms with Gasteiger partial charge < -0.3 is 15.3 Å². The van der Waals surface area contributed by atoms with E-state index in [1.54, 1.807) is 24.5 Å². The fourth-order valence-corrected chi connectivity index (χ4v) is 3.00. The van der Waals surface area contributed by atoms with Crippen LogP contribution >= 0.6 is 0 Å². The monoisotopic (exact) mass is 356 g/mol. The molecule has 0 spiro atoms. The Hall–Kier alpha value is -2.80. The molecule has 1 aromatic heterocycles. The number of hydrogen-bond donors (Lipinski definition) is 2. The van der Waals surface area contributed by atoms with Crippen molar-refractivity contribution < 1.29 is 14.3 Å². The summed E-state index contributed by atoms with van der Waals surface area (Å²) in [7, 11) is 0. The van der Waals surface area contributed by atoms with Crippen LogP contribution in [0.1, 0.15) is 17.7 Å². The maximum absolute atomic E-state index is 13.2. The molecular weight excluding hydrogens is 335 g/mol. The van der Waals surface area contributed by atoms with E-state index in [0.29, 0.717) is 11.5 Å². The van der Waals surface area contributed by atoms with Gasteiger partial charge in [-0.2, -0.15) is 0 Å². The number of aromatic nitrogens is 2. The number of carboxylic acid groups (broad SMARTS) is 1. The first-order valence-corrected chi connectivity index (χ1v) is 8.55. The second-order valence-corrected chi connectivity index (χ2v) is 6.31. The molecule has 0 saturated carbocycles. The van der Waals surface area contributed by atoms with Gasteiger partial charge in [0.25, 0.3) is 0 Å². The number of anilines is 1. The van der Waals surface area contributed by atoms with E-state index < -0.39 is 5.97 Å². The first-order chi connectivity index (χ1) is 12.6. The molecule has 26 heavy (non-hydrogen) atoms. The second kappa shape index (κ2) is 8.53. The number of nitrogens with zero attached hydrogens (tertiary/aromatic N) is 3. The van der Waals surface area contributed by atoms with Crippen LogP contribution in [0, 0.1) is 5.82 Å². The highest BCUT2D eigenvalue weighted by molar-refractivity contribution is 5.84. The average Bonchev–Trinajstić information content (AvgIpc) is 3.07. The molecule has 2 N–H and O–H groups in total. The molecule has 0 amide bonds. The zero-order chi connectivity index (χ0) is 18.4. The second-order valence-electron chi connectivity index (χ2n) is 6.31. The van der Waals surface area contributed by atoms with Gasteiger partial charge in [-0.05, 0) is 36.6 Å². The minimum absolute atomic E-state index is 0.191. The summed E-state index contributed by atoms with van der Waals surface area (Å²) in [6.45, 7) is 2.78. The van der Waals surface area contributed by atoms with Crippen LogP contribution in [0.4, 0.5) is 10.2 Å². The zero-order valence-corrected chi connectivity index (χ0v) is 14.3. The lowest BCUT2D eigenvalue weighted by molar-refractivity contribution is -0.131. The van der Waals surface area contributed by atoms with Crippen molar-refractivity contribution in [1.82, 2.24) is 14.9 Å². The Morgan fingerprint density at radius 1 is 1.38 bits per heavy atom. The van der Waals surface area contributed by atoms with Crippen molar-refractivity contribution in [1.29, 1.82) is 0 Å². The van der Waals surface area contributed by atoms with E-state index in [0.717, 1.165) is 44.1 Å². The number of carbonyl (C=O) groups is 1. The van der Waals surface area contributed by atoms with Crippen LogP contribution in [0.25, 0.3) is 6.08 Å². The number of benzene rings is 1. The molecular formula is C19H21FN4O2. The first-order valence-electron chi connectivity index (χ1n) is 8.55. The van der Waals surface area contributed by atoms with E-state index in [2.05, 4.69) is 20.2 Å². The Labute approximate surface area is 151 Å². The molecule has 1 aliphatic rings. The minimum Gasteiger partial charge on any atom is -0.478 e. The van der Waals surface area contributed by atoms with Gasteiger partial charge in [0.2, 0.25) is 0 Å². The van der Waals surface area contributed by atoms with Crippen LogP contribution in [0.2, 0.25) is 0 Å². The number of hydrogen-bond acceptors (Lipinski definition) is 5. The Balaban J connectivity index is 1.46. The third kappa shape index (κ3) is 5.35. The highest BCUT2D eigenvalue weighted by Crippen LogP contribution is 2.15. The minimum atomic E-state index is -1.02. The van der Waals surface area contributed by atoms with E-state index in [1.807, 2.05) is 6.07 Å². The summed E-state index contributed by atoms with van der Waals surface area (Å²) in [5.41, 5.74) is 1.51. The molecule has 1 atom stereocenters. The standard InChI is InChI=1S/C19H21FN4O2/c20-15-3-1-2-14(10-15)6-8-24-9-7-17(13-24)23-18-12-21-16(11-22-18)4-5-19(25)26/h1-5,10-12,17H,6-9,13H2,(H,22,23)(H,25,26)/b5-4+/t17-/m1/s1. The van der Waals surface area contributed by atoms with Gasteiger partial charge in [0, 0.05) is 31.8 Å². The lowest BCUT2D eigenvalue weighted by Gasteiger charge is -2.17. The SMILES string of the molecule is O=C(O)/C=C/c1cnc(N[C@@H]2CCN(CCc3cccc(F)c3)C2)cn1. The average molecular weight is 356 g/mol. The van der Waals surface area contributed by atoms with Crippen LogP contribution in [0.5, 0.6) is 0 Å². The Morgan fingerprint density at radius 3 is 3.00 bits per heavy atom. The molecule has 136 valence electrons. The van der Waals surface area contributed by atoms with Crippen molar-refractivity contribution in [3.8, 4) is 0 Å². The van der Waals surface area contributed by atoms with Crippen LogP contribution in [-0.4, -0.2) is 51.6 Å². The molecule has 1 saturated heterocycles. The van der Waals surface area contributed by atoms with Gasteiger partial charge in [-0.25, -0.2) is 14.2 Å². The normalized spacial score (nSPS) is 17.7. The number of likely N-dealkylation sites (tertiary alicyclic amines) is 1. The maximum Gasteiger partial charge on any atom is 0.328 e. The predicted molar refractivity (Wildman–Crippen MR) is 97.3 cm³/mol. The Kier molecular flexibility index (Phi) is 5.91. The molecule has 7 heteroatoms. The lowest BCUT2D eigenvalue weighted by atomic mass is 10.1. The van der Waals surface area contributed by atoms with Crippen LogP contribution in [-0.2, 0) is 11.2 Å². The van der Waals surface area contributed by atoms with Gasteiger partial charge in [0.1, 0.15) is 11.6 Å². The number of nitrogens with one attached hydrogen (secondary N) is 1. The Bertz CT molecular complexity index is 779. The lowest BCUT2D eigenvalue weighted by Crippen LogP contribution is -2.28. The third-order valence-electron chi connectivity index (χ3n) is 4.30. The third-order valence-corrected chi connectivity index (χ3v) is 4.30. The molecule has 3 rings (SSSR count). The highest BCUT2D eigenvalue weighted by Gasteiger charge is 2.22. The molecule has 0 aliphatic carbocycles. The molecule has 0 bridgehead atoms. The largest absolute Gasteiger partial charge is 0.478 e. The summed E-state index contributed by atoms with van der Waals surface area (Å²) in [6.07, 6.45) is 7.42. The van der Waals surface area contributed by atoms with Gasteiger partial charge in [-0.3, -0.25) is 4.98 Å². The fourth-order valence-electron chi connectivity index (χ4n) is 3.00. The molecule has 2 aromatic rings. The smallest absolute Gasteiger partial charge is 0.328 e. The van der Waals surface area contributed by atoms with Crippen molar-refractivity contribution in [3.05, 3.63) is 59.8 Å². The molecule has 1 aliphatic heterocycles. The van der Waals surface area contributed by atoms with E-state index in [9.17, 15) is 9.18 Å². The molecule has 6 nitrogen and oxygen atoms in total. The van der Waals surface area contributed by atoms with Crippen LogP contribution in [0.15, 0.2) is 42.7 Å². The summed E-state index contributed by atoms with van der Waals surface area (Å²) in [4.78, 5) is 21.3. The quantitative estimate of drug-likeness (QED) is 0.742. The van der Waals surface area contributed by atoms with Crippen molar-refractivity contribution in [3.63, 3.8) is 0 Å². The fraction of sp³-hybridized carbons (Fsp3) is 0.316. The maximum atomic E-state index is 13.2. The summed E-state index contributed by atoms with van der Waals surface area (Å²) in [5, 5.41) is 12.0. The van der Waals surface area contributed by atoms with Crippen LogP contribution < -0.4 is 5.32 Å². The Morgan fingerprint density at radius 2 is 2.27 bits per heavy atom. The first kappa shape index (κ1) is 18.0. The van der Waals surface area contributed by atoms with E-state index in [-0.39, 0.29) is 11.9 Å². The highest BCUT2D eigenvalue weighted by atomic mass is 19.1.